The van der Waals surface area contributed by atoms with E-state index in [1.807, 2.05) is 0 Å². The van der Waals surface area contributed by atoms with Crippen LogP contribution in [-0.4, -0.2) is 6.61 Å². The highest BCUT2D eigenvalue weighted by Gasteiger charge is 2.53. The molecule has 26 heavy (non-hydrogen) atoms. The molecule has 0 aliphatic heterocycles. The summed E-state index contributed by atoms with van der Waals surface area (Å²) in [6.07, 6.45) is 11.9. The van der Waals surface area contributed by atoms with Gasteiger partial charge in [-0.25, -0.2) is 4.39 Å². The molecule has 1 aromatic rings. The number of benzene rings is 1. The molecule has 0 atom stereocenters. The van der Waals surface area contributed by atoms with E-state index >= 15 is 0 Å². The fourth-order valence-electron chi connectivity index (χ4n) is 5.97. The van der Waals surface area contributed by atoms with Crippen LogP contribution in [0.2, 0.25) is 0 Å². The molecular weight excluding hydrogens is 330 g/mol. The zero-order valence-electron chi connectivity index (χ0n) is 15.8. The van der Waals surface area contributed by atoms with E-state index in [1.54, 1.807) is 19.1 Å². The van der Waals surface area contributed by atoms with E-state index in [-0.39, 0.29) is 11.7 Å². The summed E-state index contributed by atoms with van der Waals surface area (Å²) in [6.45, 7) is 6.04. The van der Waals surface area contributed by atoms with Crippen molar-refractivity contribution >= 4 is 0 Å². The van der Waals surface area contributed by atoms with Crippen LogP contribution in [0, 0.1) is 34.8 Å². The predicted octanol–water partition coefficient (Wildman–Crippen LogP) is 6.63. The molecule has 0 heterocycles. The van der Waals surface area contributed by atoms with Gasteiger partial charge in [0.25, 0.3) is 0 Å². The molecule has 3 fully saturated rings. The third-order valence-corrected chi connectivity index (χ3v) is 7.37. The highest BCUT2D eigenvalue weighted by Crippen LogP contribution is 2.64. The summed E-state index contributed by atoms with van der Waals surface area (Å²) in [5.74, 6) is 1.06. The van der Waals surface area contributed by atoms with E-state index in [2.05, 4.69) is 12.7 Å². The minimum Gasteiger partial charge on any atom is -0.491 e. The molecule has 3 aliphatic rings. The van der Waals surface area contributed by atoms with Crippen LogP contribution >= 0.6 is 0 Å². The lowest BCUT2D eigenvalue weighted by Crippen LogP contribution is -2.49. The summed E-state index contributed by atoms with van der Waals surface area (Å²) >= 11 is 0. The highest BCUT2D eigenvalue weighted by molar-refractivity contribution is 5.33. The van der Waals surface area contributed by atoms with Crippen molar-refractivity contribution in [3.63, 3.8) is 0 Å². The number of hydrogen-bond acceptors (Lipinski definition) is 1. The van der Waals surface area contributed by atoms with Gasteiger partial charge in [0.15, 0.2) is 11.6 Å². The maximum Gasteiger partial charge on any atom is 0.200 e. The molecule has 3 heteroatoms. The first-order valence-corrected chi connectivity index (χ1v) is 10.3. The van der Waals surface area contributed by atoms with Crippen LogP contribution in [0.4, 0.5) is 8.78 Å². The van der Waals surface area contributed by atoms with Crippen molar-refractivity contribution < 1.29 is 13.5 Å². The van der Waals surface area contributed by atoms with Crippen LogP contribution in [-0.2, 0) is 0 Å². The molecule has 3 saturated carbocycles. The first-order valence-electron chi connectivity index (χ1n) is 10.3. The molecule has 3 aliphatic carbocycles. The van der Waals surface area contributed by atoms with Crippen LogP contribution < -0.4 is 4.74 Å². The van der Waals surface area contributed by atoms with Crippen molar-refractivity contribution in [1.29, 1.82) is 0 Å². The molecule has 0 amide bonds. The maximum absolute atomic E-state index is 14.5. The molecule has 1 aromatic carbocycles. The van der Waals surface area contributed by atoms with Crippen LogP contribution in [0.25, 0.3) is 0 Å². The number of halogens is 2. The Balaban J connectivity index is 1.32. The Morgan fingerprint density at radius 1 is 1.04 bits per heavy atom. The first-order chi connectivity index (χ1) is 12.5. The number of hydrogen-bond donors (Lipinski definition) is 0. The summed E-state index contributed by atoms with van der Waals surface area (Å²) in [4.78, 5) is 0. The quantitative estimate of drug-likeness (QED) is 0.536. The second-order valence-corrected chi connectivity index (χ2v) is 8.90. The van der Waals surface area contributed by atoms with Gasteiger partial charge in [-0.05, 0) is 99.0 Å². The van der Waals surface area contributed by atoms with E-state index < -0.39 is 11.6 Å². The molecule has 0 aromatic heterocycles. The van der Waals surface area contributed by atoms with Gasteiger partial charge >= 0.3 is 0 Å². The fraction of sp³-hybridized carbons (Fsp3) is 0.652. The molecule has 0 bridgehead atoms. The second kappa shape index (κ2) is 6.98. The summed E-state index contributed by atoms with van der Waals surface area (Å²) in [7, 11) is 0. The Hall–Kier alpha value is -1.38. The Kier molecular flexibility index (Phi) is 4.83. The number of allylic oxidation sites excluding steroid dienone is 1. The van der Waals surface area contributed by atoms with Crippen LogP contribution in [0.3, 0.4) is 0 Å². The fourth-order valence-corrected chi connectivity index (χ4v) is 5.97. The van der Waals surface area contributed by atoms with Crippen LogP contribution in [0.5, 0.6) is 5.75 Å². The van der Waals surface area contributed by atoms with Gasteiger partial charge in [0, 0.05) is 0 Å². The summed E-state index contributed by atoms with van der Waals surface area (Å²) in [6, 6.07) is 3.32. The van der Waals surface area contributed by atoms with Gasteiger partial charge in [-0.3, -0.25) is 0 Å². The van der Waals surface area contributed by atoms with E-state index in [4.69, 9.17) is 4.74 Å². The van der Waals surface area contributed by atoms with Gasteiger partial charge in [0.1, 0.15) is 0 Å². The summed E-state index contributed by atoms with van der Waals surface area (Å²) in [5.41, 5.74) is 1.19. The van der Waals surface area contributed by atoms with Gasteiger partial charge < -0.3 is 4.74 Å². The lowest BCUT2D eigenvalue weighted by atomic mass is 9.45. The van der Waals surface area contributed by atoms with Crippen molar-refractivity contribution in [3.05, 3.63) is 42.0 Å². The number of rotatable bonds is 5. The Morgan fingerprint density at radius 2 is 1.73 bits per heavy atom. The molecule has 0 unspecified atom stereocenters. The van der Waals surface area contributed by atoms with E-state index in [9.17, 15) is 8.78 Å². The van der Waals surface area contributed by atoms with E-state index in [0.29, 0.717) is 17.6 Å². The average Bonchev–Trinajstić information content (AvgIpc) is 2.58. The van der Waals surface area contributed by atoms with Crippen LogP contribution in [0.1, 0.15) is 69.8 Å². The lowest BCUT2D eigenvalue weighted by Gasteiger charge is -2.59. The van der Waals surface area contributed by atoms with Crippen molar-refractivity contribution in [2.45, 2.75) is 64.2 Å². The van der Waals surface area contributed by atoms with Gasteiger partial charge in [-0.15, -0.1) is 6.58 Å². The first kappa shape index (κ1) is 18.0. The third kappa shape index (κ3) is 3.08. The SMILES string of the molecule is C=CC1CC2(C1)CC(C1CCC(c3ccc(OCC)c(F)c3F)CC1)C2. The summed E-state index contributed by atoms with van der Waals surface area (Å²) < 4.78 is 33.8. The molecule has 0 saturated heterocycles. The van der Waals surface area contributed by atoms with Gasteiger partial charge in [0.05, 0.1) is 6.61 Å². The monoisotopic (exact) mass is 360 g/mol. The second-order valence-electron chi connectivity index (χ2n) is 8.90. The van der Waals surface area contributed by atoms with Crippen molar-refractivity contribution in [3.8, 4) is 5.75 Å². The van der Waals surface area contributed by atoms with E-state index in [1.165, 1.54) is 25.7 Å². The largest absolute Gasteiger partial charge is 0.491 e. The summed E-state index contributed by atoms with van der Waals surface area (Å²) in [5, 5.41) is 0. The highest BCUT2D eigenvalue weighted by atomic mass is 19.2. The third-order valence-electron chi connectivity index (χ3n) is 7.37. The molecule has 1 nitrogen and oxygen atoms in total. The minimum absolute atomic E-state index is 0.0283. The Morgan fingerprint density at radius 3 is 2.35 bits per heavy atom. The van der Waals surface area contributed by atoms with E-state index in [0.717, 1.165) is 43.4 Å². The lowest BCUT2D eigenvalue weighted by molar-refractivity contribution is -0.0797. The zero-order chi connectivity index (χ0) is 18.3. The normalized spacial score (nSPS) is 36.3. The standard InChI is InChI=1S/C23H30F2O/c1-3-15-11-23(12-15)13-18(14-23)16-5-7-17(8-6-16)19-9-10-20(26-4-2)22(25)21(19)24/h3,9-10,15-18H,1,4-8,11-14H2,2H3. The van der Waals surface area contributed by atoms with Gasteiger partial charge in [-0.2, -0.15) is 4.39 Å². The van der Waals surface area contributed by atoms with Crippen molar-refractivity contribution in [2.75, 3.05) is 6.61 Å². The molecule has 4 rings (SSSR count). The Bertz CT molecular complexity index is 661. The average molecular weight is 360 g/mol. The topological polar surface area (TPSA) is 9.23 Å². The number of ether oxygens (including phenoxy) is 1. The van der Waals surface area contributed by atoms with Crippen molar-refractivity contribution in [1.82, 2.24) is 0 Å². The minimum atomic E-state index is -0.825. The van der Waals surface area contributed by atoms with Gasteiger partial charge in [-0.1, -0.05) is 12.1 Å². The molecule has 0 radical (unpaired) electrons. The maximum atomic E-state index is 14.5. The molecule has 0 N–H and O–H groups in total. The molecule has 142 valence electrons. The van der Waals surface area contributed by atoms with Crippen LogP contribution in [0.15, 0.2) is 24.8 Å². The van der Waals surface area contributed by atoms with Crippen molar-refractivity contribution in [2.24, 2.45) is 23.2 Å². The molecular formula is C23H30F2O. The Labute approximate surface area is 155 Å². The predicted molar refractivity (Wildman–Crippen MR) is 100 cm³/mol. The molecule has 1 spiro atoms. The van der Waals surface area contributed by atoms with Gasteiger partial charge in [0.2, 0.25) is 5.82 Å². The zero-order valence-corrected chi connectivity index (χ0v) is 15.8. The smallest absolute Gasteiger partial charge is 0.200 e.